The van der Waals surface area contributed by atoms with E-state index in [1.807, 2.05) is 0 Å². The first kappa shape index (κ1) is 11.7. The molecule has 1 saturated carbocycles. The topological polar surface area (TPSA) is 42.0 Å². The Balaban J connectivity index is 1.69. The third-order valence-electron chi connectivity index (χ3n) is 4.53. The van der Waals surface area contributed by atoms with Crippen molar-refractivity contribution in [3.05, 3.63) is 35.4 Å². The van der Waals surface area contributed by atoms with Crippen molar-refractivity contribution in [2.45, 2.75) is 25.7 Å². The summed E-state index contributed by atoms with van der Waals surface area (Å²) in [6.07, 6.45) is 4.29. The fraction of sp³-hybridized carbons (Fsp3) is 0.294. The Morgan fingerprint density at radius 1 is 1.24 bits per heavy atom. The summed E-state index contributed by atoms with van der Waals surface area (Å²) in [6.45, 7) is 0. The normalized spacial score (nSPS) is 16.8. The Hall–Kier alpha value is -1.94. The molecule has 0 bridgehead atoms. The van der Waals surface area contributed by atoms with Crippen molar-refractivity contribution in [2.75, 3.05) is 5.32 Å². The van der Waals surface area contributed by atoms with Crippen molar-refractivity contribution in [2.24, 2.45) is 5.92 Å². The molecular weight excluding hydrogens is 280 g/mol. The number of rotatable bonds is 2. The molecule has 4 heteroatoms. The Labute approximate surface area is 126 Å². The van der Waals surface area contributed by atoms with E-state index in [1.54, 1.807) is 11.3 Å². The van der Waals surface area contributed by atoms with Gasteiger partial charge in [-0.2, -0.15) is 0 Å². The summed E-state index contributed by atoms with van der Waals surface area (Å²) in [4.78, 5) is 16.6. The molecule has 3 aromatic rings. The second-order valence-electron chi connectivity index (χ2n) is 6.00. The van der Waals surface area contributed by atoms with Gasteiger partial charge in [-0.1, -0.05) is 29.5 Å². The van der Waals surface area contributed by atoms with Crippen molar-refractivity contribution < 1.29 is 4.79 Å². The van der Waals surface area contributed by atoms with Crippen LogP contribution in [0.2, 0.25) is 0 Å². The van der Waals surface area contributed by atoms with Gasteiger partial charge in [0.05, 0.1) is 10.2 Å². The molecule has 0 aliphatic heterocycles. The van der Waals surface area contributed by atoms with Crippen molar-refractivity contribution in [3.63, 3.8) is 0 Å². The van der Waals surface area contributed by atoms with Crippen LogP contribution in [-0.4, -0.2) is 10.9 Å². The molecule has 1 fully saturated rings. The number of nitrogens with zero attached hydrogens (tertiary/aromatic N) is 1. The van der Waals surface area contributed by atoms with E-state index in [1.165, 1.54) is 26.6 Å². The number of hydrogen-bond donors (Lipinski definition) is 1. The Morgan fingerprint density at radius 3 is 2.95 bits per heavy atom. The third kappa shape index (κ3) is 1.72. The number of carbonyl (C=O) groups is 1. The average molecular weight is 294 g/mol. The van der Waals surface area contributed by atoms with Gasteiger partial charge in [0.2, 0.25) is 5.91 Å². The summed E-state index contributed by atoms with van der Waals surface area (Å²) in [5.41, 5.74) is 3.89. The molecule has 1 amide bonds. The van der Waals surface area contributed by atoms with Crippen LogP contribution < -0.4 is 5.32 Å². The fourth-order valence-electron chi connectivity index (χ4n) is 3.31. The predicted molar refractivity (Wildman–Crippen MR) is 85.9 cm³/mol. The molecule has 1 heterocycles. The molecule has 21 heavy (non-hydrogen) atoms. The maximum atomic E-state index is 11.9. The molecule has 2 aliphatic carbocycles. The van der Waals surface area contributed by atoms with Gasteiger partial charge >= 0.3 is 0 Å². The van der Waals surface area contributed by atoms with E-state index in [2.05, 4.69) is 34.6 Å². The molecule has 0 radical (unpaired) electrons. The zero-order valence-corrected chi connectivity index (χ0v) is 12.3. The van der Waals surface area contributed by atoms with E-state index in [4.69, 9.17) is 0 Å². The summed E-state index contributed by atoms with van der Waals surface area (Å²) in [5.74, 6) is 0.348. The van der Waals surface area contributed by atoms with Gasteiger partial charge in [0, 0.05) is 11.3 Å². The number of aryl methyl sites for hydroxylation is 2. The lowest BCUT2D eigenvalue weighted by molar-refractivity contribution is -0.117. The van der Waals surface area contributed by atoms with Crippen LogP contribution in [0.25, 0.3) is 21.0 Å². The monoisotopic (exact) mass is 294 g/mol. The summed E-state index contributed by atoms with van der Waals surface area (Å²) in [5, 5.41) is 6.34. The van der Waals surface area contributed by atoms with E-state index < -0.39 is 0 Å². The van der Waals surface area contributed by atoms with Crippen LogP contribution in [0.4, 0.5) is 5.13 Å². The van der Waals surface area contributed by atoms with Crippen LogP contribution in [-0.2, 0) is 17.6 Å². The highest BCUT2D eigenvalue weighted by Gasteiger charge is 2.30. The van der Waals surface area contributed by atoms with E-state index >= 15 is 0 Å². The smallest absolute Gasteiger partial charge is 0.229 e. The number of carbonyl (C=O) groups excluding carboxylic acids is 1. The number of benzene rings is 2. The van der Waals surface area contributed by atoms with E-state index in [0.29, 0.717) is 0 Å². The largest absolute Gasteiger partial charge is 0.302 e. The molecule has 104 valence electrons. The highest BCUT2D eigenvalue weighted by atomic mass is 32.1. The first-order valence-corrected chi connectivity index (χ1v) is 8.26. The van der Waals surface area contributed by atoms with Crippen LogP contribution in [0.3, 0.4) is 0 Å². The molecule has 0 atom stereocenters. The molecule has 3 nitrogen and oxygen atoms in total. The minimum atomic E-state index is 0.131. The van der Waals surface area contributed by atoms with Gasteiger partial charge < -0.3 is 5.32 Å². The zero-order chi connectivity index (χ0) is 14.0. The number of aromatic nitrogens is 1. The highest BCUT2D eigenvalue weighted by Crippen LogP contribution is 2.39. The van der Waals surface area contributed by atoms with Gasteiger partial charge in [-0.15, -0.1) is 0 Å². The number of nitrogens with one attached hydrogen (secondary N) is 1. The molecule has 0 unspecified atom stereocenters. The van der Waals surface area contributed by atoms with E-state index in [9.17, 15) is 4.79 Å². The molecule has 5 rings (SSSR count). The second kappa shape index (κ2) is 4.04. The molecule has 2 aliphatic rings. The van der Waals surface area contributed by atoms with Crippen molar-refractivity contribution in [1.29, 1.82) is 0 Å². The number of anilines is 1. The van der Waals surface area contributed by atoms with Crippen LogP contribution in [0.1, 0.15) is 24.0 Å². The Bertz CT molecular complexity index is 908. The lowest BCUT2D eigenvalue weighted by Gasteiger charge is -2.02. The number of fused-ring (bicyclic) bond motifs is 2. The quantitative estimate of drug-likeness (QED) is 0.779. The Kier molecular flexibility index (Phi) is 2.25. The third-order valence-corrected chi connectivity index (χ3v) is 5.45. The standard InChI is InChI=1S/C17H14N2OS/c20-16(10-5-6-10)19-17-18-15-12-3-1-2-9-4-7-11(14(9)12)8-13(15)21-17/h1-3,8,10H,4-7H2,(H,18,19,20). The summed E-state index contributed by atoms with van der Waals surface area (Å²) in [7, 11) is 0. The first-order chi connectivity index (χ1) is 10.3. The summed E-state index contributed by atoms with van der Waals surface area (Å²) in [6, 6.07) is 8.75. The number of thiazole rings is 1. The van der Waals surface area contributed by atoms with Crippen LogP contribution in [0.5, 0.6) is 0 Å². The number of amides is 1. The first-order valence-electron chi connectivity index (χ1n) is 7.44. The van der Waals surface area contributed by atoms with E-state index in [0.717, 1.165) is 36.3 Å². The van der Waals surface area contributed by atoms with Gasteiger partial charge in [-0.3, -0.25) is 4.79 Å². The molecule has 1 aromatic heterocycles. The SMILES string of the molecule is O=C(Nc1nc2c(cc3c4c(cccc42)CC3)s1)C1CC1. The summed E-state index contributed by atoms with van der Waals surface area (Å²) < 4.78 is 1.18. The lowest BCUT2D eigenvalue weighted by Crippen LogP contribution is -2.12. The maximum Gasteiger partial charge on any atom is 0.229 e. The minimum absolute atomic E-state index is 0.131. The van der Waals surface area contributed by atoms with Crippen molar-refractivity contribution in [1.82, 2.24) is 4.98 Å². The van der Waals surface area contributed by atoms with Crippen LogP contribution in [0, 0.1) is 5.92 Å². The second-order valence-corrected chi connectivity index (χ2v) is 7.04. The van der Waals surface area contributed by atoms with Gasteiger partial charge in [0.15, 0.2) is 5.13 Å². The highest BCUT2D eigenvalue weighted by molar-refractivity contribution is 7.22. The molecular formula is C17H14N2OS. The van der Waals surface area contributed by atoms with Crippen LogP contribution >= 0.6 is 11.3 Å². The average Bonchev–Trinajstić information content (AvgIpc) is 3.15. The van der Waals surface area contributed by atoms with Crippen molar-refractivity contribution in [3.8, 4) is 0 Å². The molecule has 0 saturated heterocycles. The van der Waals surface area contributed by atoms with Gasteiger partial charge in [0.25, 0.3) is 0 Å². The predicted octanol–water partition coefficient (Wildman–Crippen LogP) is 3.90. The molecule has 1 N–H and O–H groups in total. The number of hydrogen-bond acceptors (Lipinski definition) is 3. The lowest BCUT2D eigenvalue weighted by atomic mass is 10.0. The van der Waals surface area contributed by atoms with Crippen molar-refractivity contribution >= 4 is 43.4 Å². The minimum Gasteiger partial charge on any atom is -0.302 e. The van der Waals surface area contributed by atoms with Gasteiger partial charge in [0.1, 0.15) is 0 Å². The maximum absolute atomic E-state index is 11.9. The molecule has 0 spiro atoms. The van der Waals surface area contributed by atoms with Gasteiger partial charge in [-0.25, -0.2) is 4.98 Å². The Morgan fingerprint density at radius 2 is 2.10 bits per heavy atom. The zero-order valence-electron chi connectivity index (χ0n) is 11.5. The summed E-state index contributed by atoms with van der Waals surface area (Å²) >= 11 is 1.60. The van der Waals surface area contributed by atoms with Gasteiger partial charge in [-0.05, 0) is 48.3 Å². The van der Waals surface area contributed by atoms with Crippen LogP contribution in [0.15, 0.2) is 24.3 Å². The fourth-order valence-corrected chi connectivity index (χ4v) is 4.26. The molecule has 2 aromatic carbocycles. The van der Waals surface area contributed by atoms with E-state index in [-0.39, 0.29) is 11.8 Å².